The van der Waals surface area contributed by atoms with Crippen LogP contribution in [0.2, 0.25) is 0 Å². The largest absolute Gasteiger partial charge is 0.361 e. The normalized spacial score (nSPS) is 16.1. The average molecular weight is 187 g/mol. The fourth-order valence-electron chi connectivity index (χ4n) is 1.66. The quantitative estimate of drug-likeness (QED) is 0.690. The van der Waals surface area contributed by atoms with Gasteiger partial charge in [-0.1, -0.05) is 39.0 Å². The molecule has 1 heteroatoms. The first-order chi connectivity index (χ1) is 6.57. The van der Waals surface area contributed by atoms with Crippen molar-refractivity contribution >= 4 is 5.57 Å². The van der Waals surface area contributed by atoms with Gasteiger partial charge in [-0.2, -0.15) is 0 Å². The first kappa shape index (κ1) is 9.32. The van der Waals surface area contributed by atoms with E-state index >= 15 is 0 Å². The first-order valence-electron chi connectivity index (χ1n) is 5.12. The van der Waals surface area contributed by atoms with E-state index in [2.05, 4.69) is 56.2 Å². The third-order valence-electron chi connectivity index (χ3n) is 2.67. The molecule has 0 saturated heterocycles. The minimum atomic E-state index is 0.237. The van der Waals surface area contributed by atoms with Gasteiger partial charge in [0.15, 0.2) is 0 Å². The van der Waals surface area contributed by atoms with Crippen LogP contribution in [0.15, 0.2) is 30.5 Å². The molecule has 1 N–H and O–H groups in total. The lowest BCUT2D eigenvalue weighted by atomic mass is 9.89. The van der Waals surface area contributed by atoms with Crippen LogP contribution >= 0.6 is 0 Å². The lowest BCUT2D eigenvalue weighted by Gasteiger charge is -2.15. The van der Waals surface area contributed by atoms with Gasteiger partial charge in [0.1, 0.15) is 0 Å². The Balaban J connectivity index is 2.27. The molecule has 1 aliphatic rings. The van der Waals surface area contributed by atoms with Gasteiger partial charge in [0.25, 0.3) is 0 Å². The Kier molecular flexibility index (Phi) is 2.10. The third-order valence-corrected chi connectivity index (χ3v) is 2.67. The first-order valence-corrected chi connectivity index (χ1v) is 5.12. The molecule has 0 atom stereocenters. The van der Waals surface area contributed by atoms with Gasteiger partial charge < -0.3 is 4.98 Å². The van der Waals surface area contributed by atoms with Gasteiger partial charge in [-0.05, 0) is 29.0 Å². The minimum absolute atomic E-state index is 0.237. The molecule has 0 unspecified atom stereocenters. The van der Waals surface area contributed by atoms with Crippen LogP contribution in [0.3, 0.4) is 0 Å². The fraction of sp³-hybridized carbons (Fsp3) is 0.385. The highest BCUT2D eigenvalue weighted by atomic mass is 14.7. The molecule has 0 saturated carbocycles. The highest BCUT2D eigenvalue weighted by Crippen LogP contribution is 2.28. The summed E-state index contributed by atoms with van der Waals surface area (Å²) in [6.45, 7) is 6.71. The summed E-state index contributed by atoms with van der Waals surface area (Å²) in [7, 11) is 0. The van der Waals surface area contributed by atoms with Gasteiger partial charge in [-0.25, -0.2) is 0 Å². The number of hydrogen-bond donors (Lipinski definition) is 1. The van der Waals surface area contributed by atoms with Crippen LogP contribution in [0.5, 0.6) is 0 Å². The predicted molar refractivity (Wildman–Crippen MR) is 61.2 cm³/mol. The van der Waals surface area contributed by atoms with Crippen molar-refractivity contribution < 1.29 is 0 Å². The van der Waals surface area contributed by atoms with E-state index in [1.165, 1.54) is 16.8 Å². The molecular weight excluding hydrogens is 170 g/mol. The van der Waals surface area contributed by atoms with Crippen LogP contribution in [0.4, 0.5) is 0 Å². The summed E-state index contributed by atoms with van der Waals surface area (Å²) in [4.78, 5) is 3.35. The zero-order valence-electron chi connectivity index (χ0n) is 9.09. The summed E-state index contributed by atoms with van der Waals surface area (Å²) in [6.07, 6.45) is 9.66. The van der Waals surface area contributed by atoms with Crippen LogP contribution in [-0.2, 0) is 5.41 Å². The van der Waals surface area contributed by atoms with Gasteiger partial charge >= 0.3 is 0 Å². The Morgan fingerprint density at radius 2 is 2.07 bits per heavy atom. The number of aromatic nitrogens is 1. The molecule has 1 aliphatic carbocycles. The second-order valence-corrected chi connectivity index (χ2v) is 4.88. The van der Waals surface area contributed by atoms with Gasteiger partial charge in [0.2, 0.25) is 0 Å². The molecule has 74 valence electrons. The van der Waals surface area contributed by atoms with Crippen molar-refractivity contribution in [1.29, 1.82) is 0 Å². The number of H-pyrrole nitrogens is 1. The van der Waals surface area contributed by atoms with Crippen LogP contribution in [-0.4, -0.2) is 4.98 Å². The Labute approximate surface area is 85.5 Å². The number of allylic oxidation sites excluding steroid dienone is 4. The van der Waals surface area contributed by atoms with E-state index in [1.54, 1.807) is 0 Å². The monoisotopic (exact) mass is 187 g/mol. The van der Waals surface area contributed by atoms with Crippen LogP contribution in [0.25, 0.3) is 5.57 Å². The van der Waals surface area contributed by atoms with Crippen molar-refractivity contribution in [1.82, 2.24) is 4.98 Å². The van der Waals surface area contributed by atoms with Crippen molar-refractivity contribution in [3.05, 3.63) is 41.7 Å². The lowest BCUT2D eigenvalue weighted by molar-refractivity contribution is 0.591. The second-order valence-electron chi connectivity index (χ2n) is 4.88. The molecule has 0 aromatic carbocycles. The average Bonchev–Trinajstić information content (AvgIpc) is 2.73. The summed E-state index contributed by atoms with van der Waals surface area (Å²) < 4.78 is 0. The smallest absolute Gasteiger partial charge is 0.0419 e. The molecule has 0 aliphatic heterocycles. The van der Waals surface area contributed by atoms with Crippen LogP contribution in [0.1, 0.15) is 38.4 Å². The Bertz CT molecular complexity index is 386. The molecular formula is C13H17N. The van der Waals surface area contributed by atoms with Crippen molar-refractivity contribution in [3.8, 4) is 0 Å². The van der Waals surface area contributed by atoms with E-state index in [0.717, 1.165) is 6.42 Å². The third kappa shape index (κ3) is 1.67. The van der Waals surface area contributed by atoms with Gasteiger partial charge in [0.05, 0.1) is 0 Å². The maximum absolute atomic E-state index is 3.35. The number of rotatable bonds is 1. The second kappa shape index (κ2) is 3.16. The zero-order valence-corrected chi connectivity index (χ0v) is 9.09. The highest BCUT2D eigenvalue weighted by molar-refractivity contribution is 5.69. The Hall–Kier alpha value is -1.24. The predicted octanol–water partition coefficient (Wildman–Crippen LogP) is 3.66. The van der Waals surface area contributed by atoms with E-state index < -0.39 is 0 Å². The number of aromatic amines is 1. The lowest BCUT2D eigenvalue weighted by Crippen LogP contribution is -2.09. The summed E-state index contributed by atoms with van der Waals surface area (Å²) in [6, 6.07) is 2.26. The molecule has 14 heavy (non-hydrogen) atoms. The van der Waals surface area contributed by atoms with E-state index in [-0.39, 0.29) is 5.41 Å². The molecule has 2 rings (SSSR count). The SMILES string of the molecule is CC(C)(C)c1c[nH]c(C2=CC=CC2)c1. The standard InChI is InChI=1S/C13H17N/c1-13(2,3)11-8-12(14-9-11)10-6-4-5-7-10/h4-6,8-9,14H,7H2,1-3H3. The summed E-state index contributed by atoms with van der Waals surface area (Å²) >= 11 is 0. The molecule has 0 amide bonds. The summed E-state index contributed by atoms with van der Waals surface area (Å²) in [5, 5.41) is 0. The number of nitrogens with one attached hydrogen (secondary N) is 1. The fourth-order valence-corrected chi connectivity index (χ4v) is 1.66. The Morgan fingerprint density at radius 1 is 1.29 bits per heavy atom. The van der Waals surface area contributed by atoms with Gasteiger partial charge in [-0.3, -0.25) is 0 Å². The van der Waals surface area contributed by atoms with Gasteiger partial charge in [-0.15, -0.1) is 0 Å². The topological polar surface area (TPSA) is 15.8 Å². The summed E-state index contributed by atoms with van der Waals surface area (Å²) in [5.41, 5.74) is 4.27. The maximum Gasteiger partial charge on any atom is 0.0419 e. The molecule has 0 spiro atoms. The number of hydrogen-bond acceptors (Lipinski definition) is 0. The van der Waals surface area contributed by atoms with Gasteiger partial charge in [0, 0.05) is 11.9 Å². The molecule has 1 nitrogen and oxygen atoms in total. The van der Waals surface area contributed by atoms with Crippen molar-refractivity contribution in [3.63, 3.8) is 0 Å². The summed E-state index contributed by atoms with van der Waals surface area (Å²) in [5.74, 6) is 0. The maximum atomic E-state index is 3.35. The van der Waals surface area contributed by atoms with E-state index in [0.29, 0.717) is 0 Å². The zero-order chi connectivity index (χ0) is 10.2. The highest BCUT2D eigenvalue weighted by Gasteiger charge is 2.16. The van der Waals surface area contributed by atoms with Crippen LogP contribution < -0.4 is 0 Å². The van der Waals surface area contributed by atoms with E-state index in [1.807, 2.05) is 0 Å². The Morgan fingerprint density at radius 3 is 2.57 bits per heavy atom. The van der Waals surface area contributed by atoms with E-state index in [9.17, 15) is 0 Å². The molecule has 1 aromatic heterocycles. The van der Waals surface area contributed by atoms with Crippen molar-refractivity contribution in [2.24, 2.45) is 0 Å². The molecule has 0 radical (unpaired) electrons. The molecule has 1 heterocycles. The molecule has 1 aromatic rings. The molecule has 0 bridgehead atoms. The van der Waals surface area contributed by atoms with Crippen LogP contribution in [0, 0.1) is 0 Å². The van der Waals surface area contributed by atoms with Crippen molar-refractivity contribution in [2.75, 3.05) is 0 Å². The minimum Gasteiger partial charge on any atom is -0.361 e. The molecule has 0 fully saturated rings. The van der Waals surface area contributed by atoms with E-state index in [4.69, 9.17) is 0 Å². The van der Waals surface area contributed by atoms with Crippen molar-refractivity contribution in [2.45, 2.75) is 32.6 Å².